The van der Waals surface area contributed by atoms with Crippen molar-refractivity contribution in [2.24, 2.45) is 0 Å². The van der Waals surface area contributed by atoms with Gasteiger partial charge in [-0.05, 0) is 31.0 Å². The van der Waals surface area contributed by atoms with Crippen LogP contribution in [0.2, 0.25) is 10.0 Å². The van der Waals surface area contributed by atoms with Gasteiger partial charge in [0, 0.05) is 27.7 Å². The molecule has 2 rings (SSSR count). The van der Waals surface area contributed by atoms with Crippen LogP contribution in [0.4, 0.5) is 5.82 Å². The summed E-state index contributed by atoms with van der Waals surface area (Å²) in [6, 6.07) is 5.40. The van der Waals surface area contributed by atoms with Crippen molar-refractivity contribution in [1.29, 1.82) is 0 Å². The summed E-state index contributed by atoms with van der Waals surface area (Å²) in [4.78, 5) is 8.82. The van der Waals surface area contributed by atoms with Crippen LogP contribution in [0.3, 0.4) is 0 Å². The second-order valence-electron chi connectivity index (χ2n) is 4.36. The van der Waals surface area contributed by atoms with Gasteiger partial charge in [0.25, 0.3) is 0 Å². The van der Waals surface area contributed by atoms with Crippen LogP contribution in [0, 0.1) is 6.92 Å². The van der Waals surface area contributed by atoms with Gasteiger partial charge in [-0.15, -0.1) is 0 Å². The third-order valence-corrected chi connectivity index (χ3v) is 3.60. The average molecular weight is 296 g/mol. The van der Waals surface area contributed by atoms with Crippen molar-refractivity contribution < 1.29 is 0 Å². The van der Waals surface area contributed by atoms with E-state index in [2.05, 4.69) is 9.97 Å². The van der Waals surface area contributed by atoms with E-state index in [1.54, 1.807) is 12.1 Å². The summed E-state index contributed by atoms with van der Waals surface area (Å²) in [5.41, 5.74) is 8.81. The number of halogens is 2. The zero-order valence-corrected chi connectivity index (χ0v) is 12.4. The zero-order valence-electron chi connectivity index (χ0n) is 10.9. The van der Waals surface area contributed by atoms with Crippen LogP contribution in [0.5, 0.6) is 0 Å². The predicted octanol–water partition coefficient (Wildman–Crippen LogP) is 3.83. The quantitative estimate of drug-likeness (QED) is 0.936. The number of anilines is 1. The van der Waals surface area contributed by atoms with Crippen molar-refractivity contribution in [2.75, 3.05) is 5.73 Å². The number of benzene rings is 1. The number of nitrogens with zero attached hydrogens (tertiary/aromatic N) is 2. The Hall–Kier alpha value is -1.32. The minimum absolute atomic E-state index is 0.547. The largest absolute Gasteiger partial charge is 0.383 e. The lowest BCUT2D eigenvalue weighted by Crippen LogP contribution is -2.07. The van der Waals surface area contributed by atoms with Gasteiger partial charge in [-0.1, -0.05) is 36.2 Å². The fourth-order valence-electron chi connectivity index (χ4n) is 2.03. The molecule has 1 aromatic carbocycles. The summed E-state index contributed by atoms with van der Waals surface area (Å²) in [5, 5.41) is 1.23. The minimum Gasteiger partial charge on any atom is -0.383 e. The molecule has 1 heterocycles. The van der Waals surface area contributed by atoms with Crippen LogP contribution in [0.25, 0.3) is 0 Å². The lowest BCUT2D eigenvalue weighted by molar-refractivity contribution is 0.913. The first-order valence-corrected chi connectivity index (χ1v) is 6.82. The third kappa shape index (κ3) is 3.17. The normalized spacial score (nSPS) is 10.7. The number of rotatable bonds is 3. The molecule has 0 amide bonds. The van der Waals surface area contributed by atoms with Gasteiger partial charge in [-0.25, -0.2) is 9.97 Å². The van der Waals surface area contributed by atoms with Crippen molar-refractivity contribution >= 4 is 29.0 Å². The van der Waals surface area contributed by atoms with Crippen LogP contribution in [-0.2, 0) is 12.8 Å². The first-order valence-electron chi connectivity index (χ1n) is 6.07. The molecular weight excluding hydrogens is 281 g/mol. The molecule has 5 heteroatoms. The van der Waals surface area contributed by atoms with Gasteiger partial charge in [0.2, 0.25) is 0 Å². The van der Waals surface area contributed by atoms with Crippen molar-refractivity contribution in [3.8, 4) is 0 Å². The van der Waals surface area contributed by atoms with Crippen molar-refractivity contribution in [1.82, 2.24) is 9.97 Å². The number of aryl methyl sites for hydroxylation is 1. The topological polar surface area (TPSA) is 51.8 Å². The molecular formula is C14H15Cl2N3. The lowest BCUT2D eigenvalue weighted by Gasteiger charge is -2.09. The average Bonchev–Trinajstić information content (AvgIpc) is 2.32. The van der Waals surface area contributed by atoms with E-state index in [1.165, 1.54) is 0 Å². The van der Waals surface area contributed by atoms with Crippen LogP contribution in [-0.4, -0.2) is 9.97 Å². The Labute approximate surface area is 122 Å². The van der Waals surface area contributed by atoms with Gasteiger partial charge in [0.15, 0.2) is 0 Å². The molecule has 2 aromatic rings. The summed E-state index contributed by atoms with van der Waals surface area (Å²) in [7, 11) is 0. The minimum atomic E-state index is 0.547. The summed E-state index contributed by atoms with van der Waals surface area (Å²) < 4.78 is 0. The maximum atomic E-state index is 6.15. The maximum Gasteiger partial charge on any atom is 0.135 e. The fourth-order valence-corrected chi connectivity index (χ4v) is 2.50. The van der Waals surface area contributed by atoms with Gasteiger partial charge in [-0.2, -0.15) is 0 Å². The SMILES string of the molecule is CCc1c(C)nc(Cc2ccc(Cl)cc2Cl)nc1N. The first kappa shape index (κ1) is 14.1. The molecule has 0 fully saturated rings. The van der Waals surface area contributed by atoms with Gasteiger partial charge in [0.05, 0.1) is 0 Å². The van der Waals surface area contributed by atoms with E-state index in [-0.39, 0.29) is 0 Å². The predicted molar refractivity (Wildman–Crippen MR) is 79.8 cm³/mol. The highest BCUT2D eigenvalue weighted by atomic mass is 35.5. The molecule has 2 N–H and O–H groups in total. The van der Waals surface area contributed by atoms with E-state index < -0.39 is 0 Å². The Kier molecular flexibility index (Phi) is 4.27. The Bertz CT molecular complexity index is 589. The summed E-state index contributed by atoms with van der Waals surface area (Å²) in [6.07, 6.45) is 1.38. The van der Waals surface area contributed by atoms with Crippen LogP contribution >= 0.6 is 23.2 Å². The molecule has 0 unspecified atom stereocenters. The molecule has 19 heavy (non-hydrogen) atoms. The zero-order chi connectivity index (χ0) is 14.0. The molecule has 0 saturated carbocycles. The Morgan fingerprint density at radius 1 is 1.21 bits per heavy atom. The first-order chi connectivity index (χ1) is 9.01. The monoisotopic (exact) mass is 295 g/mol. The Morgan fingerprint density at radius 2 is 1.95 bits per heavy atom. The molecule has 1 aromatic heterocycles. The molecule has 0 aliphatic rings. The van der Waals surface area contributed by atoms with E-state index in [4.69, 9.17) is 28.9 Å². The Morgan fingerprint density at radius 3 is 2.53 bits per heavy atom. The van der Waals surface area contributed by atoms with Crippen molar-refractivity contribution in [3.63, 3.8) is 0 Å². The number of nitrogens with two attached hydrogens (primary N) is 1. The molecule has 0 radical (unpaired) electrons. The van der Waals surface area contributed by atoms with E-state index in [0.29, 0.717) is 28.1 Å². The molecule has 0 spiro atoms. The second kappa shape index (κ2) is 5.76. The highest BCUT2D eigenvalue weighted by Crippen LogP contribution is 2.23. The number of aromatic nitrogens is 2. The molecule has 0 aliphatic carbocycles. The highest BCUT2D eigenvalue weighted by Gasteiger charge is 2.10. The van der Waals surface area contributed by atoms with E-state index >= 15 is 0 Å². The second-order valence-corrected chi connectivity index (χ2v) is 5.20. The smallest absolute Gasteiger partial charge is 0.135 e. The molecule has 0 atom stereocenters. The summed E-state index contributed by atoms with van der Waals surface area (Å²) >= 11 is 12.0. The number of nitrogen functional groups attached to an aromatic ring is 1. The number of hydrogen-bond donors (Lipinski definition) is 1. The van der Waals surface area contributed by atoms with Gasteiger partial charge < -0.3 is 5.73 Å². The van der Waals surface area contributed by atoms with Gasteiger partial charge in [0.1, 0.15) is 11.6 Å². The van der Waals surface area contributed by atoms with E-state index in [1.807, 2.05) is 19.9 Å². The molecule has 3 nitrogen and oxygen atoms in total. The van der Waals surface area contributed by atoms with Crippen molar-refractivity contribution in [2.45, 2.75) is 26.7 Å². The van der Waals surface area contributed by atoms with Crippen LogP contribution in [0.15, 0.2) is 18.2 Å². The van der Waals surface area contributed by atoms with Gasteiger partial charge >= 0.3 is 0 Å². The maximum absolute atomic E-state index is 6.15. The lowest BCUT2D eigenvalue weighted by atomic mass is 10.1. The van der Waals surface area contributed by atoms with Crippen LogP contribution < -0.4 is 5.73 Å². The fraction of sp³-hybridized carbons (Fsp3) is 0.286. The number of hydrogen-bond acceptors (Lipinski definition) is 3. The standard InChI is InChI=1S/C14H15Cl2N3/c1-3-11-8(2)18-13(19-14(11)17)6-9-4-5-10(15)7-12(9)16/h4-5,7H,3,6H2,1-2H3,(H2,17,18,19). The molecule has 0 saturated heterocycles. The van der Waals surface area contributed by atoms with Crippen LogP contribution in [0.1, 0.15) is 29.6 Å². The summed E-state index contributed by atoms with van der Waals surface area (Å²) in [6.45, 7) is 3.99. The third-order valence-electron chi connectivity index (χ3n) is 3.01. The van der Waals surface area contributed by atoms with E-state index in [0.717, 1.165) is 23.2 Å². The Balaban J connectivity index is 2.33. The van der Waals surface area contributed by atoms with E-state index in [9.17, 15) is 0 Å². The summed E-state index contributed by atoms with van der Waals surface area (Å²) in [5.74, 6) is 1.23. The molecule has 0 aliphatic heterocycles. The van der Waals surface area contributed by atoms with Crippen molar-refractivity contribution in [3.05, 3.63) is 50.9 Å². The molecule has 100 valence electrons. The highest BCUT2D eigenvalue weighted by molar-refractivity contribution is 6.35. The van der Waals surface area contributed by atoms with Gasteiger partial charge in [-0.3, -0.25) is 0 Å². The molecule has 0 bridgehead atoms.